The second-order valence-electron chi connectivity index (χ2n) is 17.5. The smallest absolute Gasteiger partial charge is 0.306 e. The molecule has 1 aliphatic rings. The molecule has 0 radical (unpaired) electrons. The first-order chi connectivity index (χ1) is 29.3. The van der Waals surface area contributed by atoms with Gasteiger partial charge in [-0.3, -0.25) is 19.2 Å². The molecule has 352 valence electrons. The number of aliphatic hydroxyl groups excluding tert-OH is 1. The topological polar surface area (TPSA) is 135 Å². The van der Waals surface area contributed by atoms with Crippen molar-refractivity contribution in [2.75, 3.05) is 6.61 Å². The maximum absolute atomic E-state index is 13.4. The van der Waals surface area contributed by atoms with Crippen LogP contribution in [0, 0.1) is 0 Å². The van der Waals surface area contributed by atoms with Gasteiger partial charge in [0.2, 0.25) is 0 Å². The van der Waals surface area contributed by atoms with Gasteiger partial charge in [0.25, 0.3) is 0 Å². The molecule has 10 nitrogen and oxygen atoms in total. The number of aliphatic hydroxyl groups is 1. The molecule has 0 saturated carbocycles. The van der Waals surface area contributed by atoms with Crippen LogP contribution < -0.4 is 0 Å². The number of rotatable bonds is 41. The summed E-state index contributed by atoms with van der Waals surface area (Å²) < 4.78 is 29.4. The van der Waals surface area contributed by atoms with Gasteiger partial charge in [-0.25, -0.2) is 0 Å². The maximum Gasteiger partial charge on any atom is 0.306 e. The van der Waals surface area contributed by atoms with Crippen LogP contribution in [0.1, 0.15) is 259 Å². The van der Waals surface area contributed by atoms with Gasteiger partial charge in [-0.1, -0.05) is 207 Å². The average Bonchev–Trinajstić information content (AvgIpc) is 3.23. The first-order valence-corrected chi connectivity index (χ1v) is 25.3. The molecule has 0 aliphatic carbocycles. The van der Waals surface area contributed by atoms with E-state index < -0.39 is 54.6 Å². The van der Waals surface area contributed by atoms with E-state index >= 15 is 0 Å². The Hall–Kier alpha value is -2.20. The van der Waals surface area contributed by atoms with Crippen molar-refractivity contribution in [3.63, 3.8) is 0 Å². The van der Waals surface area contributed by atoms with Gasteiger partial charge in [-0.2, -0.15) is 0 Å². The van der Waals surface area contributed by atoms with Crippen LogP contribution in [0.15, 0.2) is 0 Å². The maximum atomic E-state index is 13.4. The molecule has 1 N–H and O–H groups in total. The zero-order chi connectivity index (χ0) is 43.9. The van der Waals surface area contributed by atoms with Crippen LogP contribution in [0.25, 0.3) is 0 Å². The van der Waals surface area contributed by atoms with E-state index in [4.69, 9.17) is 23.7 Å². The summed E-state index contributed by atoms with van der Waals surface area (Å²) in [5, 5.41) is 11.3. The Bertz CT molecular complexity index is 1050. The van der Waals surface area contributed by atoms with E-state index in [0.29, 0.717) is 25.7 Å². The largest absolute Gasteiger partial charge is 0.463 e. The minimum atomic E-state index is -1.69. The zero-order valence-corrected chi connectivity index (χ0v) is 39.2. The van der Waals surface area contributed by atoms with Gasteiger partial charge in [0.1, 0.15) is 12.7 Å². The first kappa shape index (κ1) is 55.8. The highest BCUT2D eigenvalue weighted by molar-refractivity contribution is 5.72. The van der Waals surface area contributed by atoms with E-state index in [2.05, 4.69) is 27.7 Å². The van der Waals surface area contributed by atoms with E-state index in [0.717, 1.165) is 77.0 Å². The average molecular weight is 853 g/mol. The minimum absolute atomic E-state index is 0.137. The first-order valence-electron chi connectivity index (χ1n) is 25.3. The molecule has 60 heavy (non-hydrogen) atoms. The van der Waals surface area contributed by atoms with E-state index in [9.17, 15) is 24.3 Å². The third kappa shape index (κ3) is 29.9. The van der Waals surface area contributed by atoms with Crippen LogP contribution in [-0.4, -0.2) is 66.3 Å². The molecule has 1 fully saturated rings. The third-order valence-corrected chi connectivity index (χ3v) is 11.8. The molecule has 0 aromatic carbocycles. The number of unbranched alkanes of at least 4 members (excludes halogenated alkanes) is 28. The molecule has 0 aromatic rings. The number of hydrogen-bond acceptors (Lipinski definition) is 10. The Labute approximate surface area is 367 Å². The molecule has 1 heterocycles. The van der Waals surface area contributed by atoms with Crippen molar-refractivity contribution in [2.45, 2.75) is 290 Å². The van der Waals surface area contributed by atoms with Gasteiger partial charge < -0.3 is 28.8 Å². The summed E-state index contributed by atoms with van der Waals surface area (Å²) in [6.07, 6.45) is 28.1. The van der Waals surface area contributed by atoms with Gasteiger partial charge in [0.05, 0.1) is 0 Å². The van der Waals surface area contributed by atoms with Crippen molar-refractivity contribution in [2.24, 2.45) is 0 Å². The fourth-order valence-corrected chi connectivity index (χ4v) is 7.92. The summed E-state index contributed by atoms with van der Waals surface area (Å²) in [5.41, 5.74) is 0. The van der Waals surface area contributed by atoms with Crippen LogP contribution in [0.3, 0.4) is 0 Å². The molecule has 0 spiro atoms. The standard InChI is InChI=1S/C50H92O10/c1-5-9-13-17-21-25-29-33-37-43(51)56-41-42-47(58-44(52)38-34-30-26-22-18-14-10-6-2)48(59-45(53)39-35-31-27-23-19-15-11-7-3)49(50(55)57-42)60-46(54)40-36-32-28-24-20-16-12-8-4/h42,47-50,55H,5-41H2,1-4H3/t42-,47-,48+,49-,50-/m1/s1. The second-order valence-corrected chi connectivity index (χ2v) is 17.5. The van der Waals surface area contributed by atoms with Crippen LogP contribution in [0.4, 0.5) is 0 Å². The lowest BCUT2D eigenvalue weighted by molar-refractivity contribution is -0.297. The zero-order valence-electron chi connectivity index (χ0n) is 39.2. The lowest BCUT2D eigenvalue weighted by Gasteiger charge is -2.43. The summed E-state index contributed by atoms with van der Waals surface area (Å²) in [6.45, 7) is 8.48. The van der Waals surface area contributed by atoms with Gasteiger partial charge >= 0.3 is 23.9 Å². The van der Waals surface area contributed by atoms with Crippen LogP contribution in [0.5, 0.6) is 0 Å². The van der Waals surface area contributed by atoms with Gasteiger partial charge in [-0.15, -0.1) is 0 Å². The van der Waals surface area contributed by atoms with Crippen LogP contribution >= 0.6 is 0 Å². The van der Waals surface area contributed by atoms with Gasteiger partial charge in [-0.05, 0) is 25.7 Å². The van der Waals surface area contributed by atoms with E-state index in [-0.39, 0.29) is 32.3 Å². The minimum Gasteiger partial charge on any atom is -0.463 e. The van der Waals surface area contributed by atoms with E-state index in [1.807, 2.05) is 0 Å². The normalized spacial score (nSPS) is 18.9. The van der Waals surface area contributed by atoms with Crippen molar-refractivity contribution < 1.29 is 48.0 Å². The van der Waals surface area contributed by atoms with Crippen LogP contribution in [0.2, 0.25) is 0 Å². The number of carbonyl (C=O) groups excluding carboxylic acids is 4. The predicted molar refractivity (Wildman–Crippen MR) is 240 cm³/mol. The summed E-state index contributed by atoms with van der Waals surface area (Å²) in [7, 11) is 0. The lowest BCUT2D eigenvalue weighted by atomic mass is 9.97. The molecule has 1 aliphatic heterocycles. The fraction of sp³-hybridized carbons (Fsp3) is 0.920. The predicted octanol–water partition coefficient (Wildman–Crippen LogP) is 13.1. The van der Waals surface area contributed by atoms with E-state index in [1.165, 1.54) is 103 Å². The lowest BCUT2D eigenvalue weighted by Crippen LogP contribution is -2.62. The van der Waals surface area contributed by atoms with E-state index in [1.54, 1.807) is 0 Å². The highest BCUT2D eigenvalue weighted by Crippen LogP contribution is 2.30. The molecular formula is C50H92O10. The molecule has 0 bridgehead atoms. The molecular weight excluding hydrogens is 761 g/mol. The number of carbonyl (C=O) groups is 4. The van der Waals surface area contributed by atoms with Crippen molar-refractivity contribution in [3.05, 3.63) is 0 Å². The SMILES string of the molecule is CCCCCCCCCCC(=O)OC[C@H]1O[C@@H](O)[C@H](OC(=O)CCCCCCCCCC)[C@@H](OC(=O)CCCCCCCCCC)[C@@H]1OC(=O)CCCCCCCCCC. The Balaban J connectivity index is 3.05. The molecule has 0 amide bonds. The molecule has 0 unspecified atom stereocenters. The summed E-state index contributed by atoms with van der Waals surface area (Å²) in [5.74, 6) is -1.99. The van der Waals surface area contributed by atoms with Gasteiger partial charge in [0.15, 0.2) is 24.6 Å². The van der Waals surface area contributed by atoms with Crippen LogP contribution in [-0.2, 0) is 42.9 Å². The number of ether oxygens (including phenoxy) is 5. The second kappa shape index (κ2) is 39.6. The van der Waals surface area contributed by atoms with Crippen molar-refractivity contribution in [1.29, 1.82) is 0 Å². The Kier molecular flexibility index (Phi) is 36.9. The Morgan fingerprint density at radius 3 is 0.967 bits per heavy atom. The summed E-state index contributed by atoms with van der Waals surface area (Å²) in [6, 6.07) is 0. The van der Waals surface area contributed by atoms with Crippen molar-refractivity contribution in [1.82, 2.24) is 0 Å². The number of hydrogen-bond donors (Lipinski definition) is 1. The monoisotopic (exact) mass is 853 g/mol. The highest BCUT2D eigenvalue weighted by Gasteiger charge is 2.52. The quantitative estimate of drug-likeness (QED) is 0.0360. The molecule has 1 saturated heterocycles. The highest BCUT2D eigenvalue weighted by atomic mass is 16.7. The summed E-state index contributed by atoms with van der Waals surface area (Å²) >= 11 is 0. The molecule has 10 heteroatoms. The van der Waals surface area contributed by atoms with Crippen molar-refractivity contribution >= 4 is 23.9 Å². The van der Waals surface area contributed by atoms with Crippen molar-refractivity contribution in [3.8, 4) is 0 Å². The van der Waals surface area contributed by atoms with Gasteiger partial charge in [0, 0.05) is 25.7 Å². The Morgan fingerprint density at radius 2 is 0.633 bits per heavy atom. The Morgan fingerprint density at radius 1 is 0.367 bits per heavy atom. The fourth-order valence-electron chi connectivity index (χ4n) is 7.92. The molecule has 1 rings (SSSR count). The number of esters is 4. The third-order valence-electron chi connectivity index (χ3n) is 11.8. The summed E-state index contributed by atoms with van der Waals surface area (Å²) in [4.78, 5) is 53.0. The molecule has 0 aromatic heterocycles. The molecule has 5 atom stereocenters.